The van der Waals surface area contributed by atoms with E-state index in [0.717, 1.165) is 24.1 Å². The first-order chi connectivity index (χ1) is 14.6. The average Bonchev–Trinajstić information content (AvgIpc) is 3.23. The van der Waals surface area contributed by atoms with Gasteiger partial charge in [-0.3, -0.25) is 14.9 Å². The summed E-state index contributed by atoms with van der Waals surface area (Å²) in [6, 6.07) is 16.4. The van der Waals surface area contributed by atoms with Crippen molar-refractivity contribution >= 4 is 45.6 Å². The lowest BCUT2D eigenvalue weighted by Crippen LogP contribution is -2.15. The van der Waals surface area contributed by atoms with Gasteiger partial charge in [-0.05, 0) is 37.1 Å². The number of rotatable bonds is 5. The highest BCUT2D eigenvalue weighted by atomic mass is 35.5. The summed E-state index contributed by atoms with van der Waals surface area (Å²) in [5.41, 5.74) is 3.40. The molecule has 0 radical (unpaired) electrons. The van der Waals surface area contributed by atoms with Crippen LogP contribution in [0.4, 0.5) is 10.8 Å². The van der Waals surface area contributed by atoms with Crippen LogP contribution in [-0.4, -0.2) is 16.8 Å². The van der Waals surface area contributed by atoms with Gasteiger partial charge in [-0.1, -0.05) is 54.1 Å². The maximum atomic E-state index is 12.4. The van der Waals surface area contributed by atoms with E-state index in [2.05, 4.69) is 15.6 Å². The molecule has 7 heteroatoms. The molecule has 0 saturated carbocycles. The van der Waals surface area contributed by atoms with Gasteiger partial charge in [0.1, 0.15) is 0 Å². The van der Waals surface area contributed by atoms with Gasteiger partial charge in [0.25, 0.3) is 11.8 Å². The number of halogens is 1. The molecule has 0 atom stereocenters. The molecule has 0 spiro atoms. The summed E-state index contributed by atoms with van der Waals surface area (Å²) in [7, 11) is 0. The number of amides is 2. The molecule has 0 fully saturated rings. The van der Waals surface area contributed by atoms with Crippen LogP contribution >= 0.6 is 22.9 Å². The maximum Gasteiger partial charge on any atom is 0.257 e. The zero-order valence-corrected chi connectivity index (χ0v) is 17.5. The maximum absolute atomic E-state index is 12.4. The van der Waals surface area contributed by atoms with Gasteiger partial charge >= 0.3 is 0 Å². The van der Waals surface area contributed by atoms with Gasteiger partial charge in [0, 0.05) is 27.2 Å². The molecular formula is C23H18ClN3O2S. The second-order valence-corrected chi connectivity index (χ2v) is 7.90. The summed E-state index contributed by atoms with van der Waals surface area (Å²) < 4.78 is 0. The summed E-state index contributed by atoms with van der Waals surface area (Å²) >= 11 is 7.48. The Labute approximate surface area is 183 Å². The standard InChI is InChI=1S/C23H18ClN3O2S/c24-19-9-5-4-8-18(19)22(29)25-17-12-10-15(11-13-17)20-14-30-23(26-20)27-21(28)16-6-2-1-3-7-16/h1-3,6-14H,4-5H2,(H,25,29)(H,26,27,28). The minimum absolute atomic E-state index is 0.195. The molecule has 5 nitrogen and oxygen atoms in total. The third kappa shape index (κ3) is 4.67. The Bertz CT molecular complexity index is 1130. The van der Waals surface area contributed by atoms with Crippen molar-refractivity contribution in [1.82, 2.24) is 4.98 Å². The molecule has 1 aromatic heterocycles. The van der Waals surface area contributed by atoms with Crippen molar-refractivity contribution in [2.45, 2.75) is 12.8 Å². The van der Waals surface area contributed by atoms with Crippen LogP contribution in [-0.2, 0) is 4.79 Å². The van der Waals surface area contributed by atoms with Crippen molar-refractivity contribution in [2.75, 3.05) is 10.6 Å². The lowest BCUT2D eigenvalue weighted by molar-refractivity contribution is -0.112. The summed E-state index contributed by atoms with van der Waals surface area (Å²) in [5, 5.41) is 8.58. The van der Waals surface area contributed by atoms with Crippen LogP contribution in [0.25, 0.3) is 11.3 Å². The highest BCUT2D eigenvalue weighted by molar-refractivity contribution is 7.14. The SMILES string of the molecule is O=C(Nc1ccc(-c2csc(NC(=O)c3ccccc3)n2)cc1)C1=CCCC=C1Cl. The van der Waals surface area contributed by atoms with Crippen LogP contribution in [0, 0.1) is 0 Å². The van der Waals surface area contributed by atoms with Gasteiger partial charge in [-0.15, -0.1) is 11.3 Å². The largest absolute Gasteiger partial charge is 0.322 e. The molecule has 0 unspecified atom stereocenters. The highest BCUT2D eigenvalue weighted by Gasteiger charge is 2.15. The fraction of sp³-hybridized carbons (Fsp3) is 0.0870. The number of thiazole rings is 1. The third-order valence-corrected chi connectivity index (χ3v) is 5.66. The third-order valence-electron chi connectivity index (χ3n) is 4.54. The number of allylic oxidation sites excluding steroid dienone is 2. The van der Waals surface area contributed by atoms with Gasteiger partial charge in [0.2, 0.25) is 0 Å². The lowest BCUT2D eigenvalue weighted by Gasteiger charge is -2.11. The van der Waals surface area contributed by atoms with Crippen molar-refractivity contribution in [3.63, 3.8) is 0 Å². The van der Waals surface area contributed by atoms with Crippen molar-refractivity contribution in [3.8, 4) is 11.3 Å². The molecule has 1 aliphatic carbocycles. The summed E-state index contributed by atoms with van der Waals surface area (Å²) in [4.78, 5) is 29.1. The molecule has 1 heterocycles. The minimum atomic E-state index is -0.219. The molecule has 150 valence electrons. The molecule has 30 heavy (non-hydrogen) atoms. The van der Waals surface area contributed by atoms with Crippen molar-refractivity contribution < 1.29 is 9.59 Å². The first-order valence-corrected chi connectivity index (χ1v) is 10.7. The van der Waals surface area contributed by atoms with Crippen molar-refractivity contribution in [3.05, 3.63) is 88.3 Å². The van der Waals surface area contributed by atoms with Crippen LogP contribution in [0.3, 0.4) is 0 Å². The molecule has 2 amide bonds. The fourth-order valence-electron chi connectivity index (χ4n) is 2.99. The van der Waals surface area contributed by atoms with E-state index in [1.807, 2.05) is 60.0 Å². The van der Waals surface area contributed by atoms with Crippen molar-refractivity contribution in [1.29, 1.82) is 0 Å². The van der Waals surface area contributed by atoms with Gasteiger partial charge < -0.3 is 5.32 Å². The number of hydrogen-bond acceptors (Lipinski definition) is 4. The molecule has 0 bridgehead atoms. The van der Waals surface area contributed by atoms with Crippen LogP contribution in [0.2, 0.25) is 0 Å². The zero-order chi connectivity index (χ0) is 20.9. The van der Waals surface area contributed by atoms with E-state index in [1.54, 1.807) is 12.1 Å². The normalized spacial score (nSPS) is 13.2. The number of carbonyl (C=O) groups excluding carboxylic acids is 2. The zero-order valence-electron chi connectivity index (χ0n) is 15.9. The number of hydrogen-bond donors (Lipinski definition) is 2. The van der Waals surface area contributed by atoms with Crippen LogP contribution in [0.1, 0.15) is 23.2 Å². The van der Waals surface area contributed by atoms with Gasteiger partial charge in [-0.25, -0.2) is 4.98 Å². The summed E-state index contributed by atoms with van der Waals surface area (Å²) in [5.74, 6) is -0.414. The topological polar surface area (TPSA) is 71.1 Å². The Hall–Kier alpha value is -3.22. The average molecular weight is 436 g/mol. The van der Waals surface area contributed by atoms with Gasteiger partial charge in [0.15, 0.2) is 5.13 Å². The second-order valence-electron chi connectivity index (χ2n) is 6.64. The first kappa shape index (κ1) is 20.1. The molecule has 3 aromatic rings. The highest BCUT2D eigenvalue weighted by Crippen LogP contribution is 2.27. The Kier molecular flexibility index (Phi) is 6.07. The van der Waals surface area contributed by atoms with E-state index in [-0.39, 0.29) is 11.8 Å². The summed E-state index contributed by atoms with van der Waals surface area (Å²) in [6.07, 6.45) is 5.37. The lowest BCUT2D eigenvalue weighted by atomic mass is 10.1. The number of benzene rings is 2. The Morgan fingerprint density at radius 3 is 2.37 bits per heavy atom. The molecule has 1 aliphatic rings. The predicted octanol–water partition coefficient (Wildman–Crippen LogP) is 5.84. The predicted molar refractivity (Wildman–Crippen MR) is 122 cm³/mol. The van der Waals surface area contributed by atoms with Crippen LogP contribution in [0.15, 0.2) is 82.7 Å². The van der Waals surface area contributed by atoms with E-state index in [4.69, 9.17) is 11.6 Å². The fourth-order valence-corrected chi connectivity index (χ4v) is 3.98. The molecular weight excluding hydrogens is 418 g/mol. The number of nitrogens with one attached hydrogen (secondary N) is 2. The van der Waals surface area contributed by atoms with Gasteiger partial charge in [-0.2, -0.15) is 0 Å². The number of aromatic nitrogens is 1. The molecule has 2 N–H and O–H groups in total. The minimum Gasteiger partial charge on any atom is -0.322 e. The number of nitrogens with zero attached hydrogens (tertiary/aromatic N) is 1. The van der Waals surface area contributed by atoms with E-state index < -0.39 is 0 Å². The molecule has 4 rings (SSSR count). The molecule has 2 aromatic carbocycles. The van der Waals surface area contributed by atoms with E-state index >= 15 is 0 Å². The van der Waals surface area contributed by atoms with Gasteiger partial charge in [0.05, 0.1) is 11.3 Å². The van der Waals surface area contributed by atoms with Crippen LogP contribution in [0.5, 0.6) is 0 Å². The van der Waals surface area contributed by atoms with E-state index in [0.29, 0.717) is 27.0 Å². The smallest absolute Gasteiger partial charge is 0.257 e. The Morgan fingerprint density at radius 2 is 1.63 bits per heavy atom. The quantitative estimate of drug-likeness (QED) is 0.528. The van der Waals surface area contributed by atoms with E-state index in [1.165, 1.54) is 11.3 Å². The summed E-state index contributed by atoms with van der Waals surface area (Å²) in [6.45, 7) is 0. The van der Waals surface area contributed by atoms with Crippen molar-refractivity contribution in [2.24, 2.45) is 0 Å². The molecule has 0 aliphatic heterocycles. The Balaban J connectivity index is 1.41. The monoisotopic (exact) mass is 435 g/mol. The number of carbonyl (C=O) groups is 2. The molecule has 0 saturated heterocycles. The second kappa shape index (κ2) is 9.07. The van der Waals surface area contributed by atoms with E-state index in [9.17, 15) is 9.59 Å². The number of anilines is 2. The van der Waals surface area contributed by atoms with Crippen LogP contribution < -0.4 is 10.6 Å². The Morgan fingerprint density at radius 1 is 0.900 bits per heavy atom. The first-order valence-electron chi connectivity index (χ1n) is 9.40.